The molecule has 0 aliphatic carbocycles. The summed E-state index contributed by atoms with van der Waals surface area (Å²) in [7, 11) is 0. The Morgan fingerprint density at radius 2 is 2.13 bits per heavy atom. The van der Waals surface area contributed by atoms with Gasteiger partial charge in [-0.2, -0.15) is 0 Å². The van der Waals surface area contributed by atoms with Gasteiger partial charge >= 0.3 is 5.97 Å². The number of rotatable bonds is 1. The van der Waals surface area contributed by atoms with Gasteiger partial charge in [-0.25, -0.2) is 9.78 Å². The van der Waals surface area contributed by atoms with Gasteiger partial charge in [0.1, 0.15) is 5.82 Å². The minimum atomic E-state index is -0.997. The Labute approximate surface area is 90.3 Å². The van der Waals surface area contributed by atoms with Crippen LogP contribution in [0.2, 0.25) is 5.02 Å². The number of aromatic nitrogens is 1. The lowest BCUT2D eigenvalue weighted by Gasteiger charge is -2.03. The molecule has 0 saturated heterocycles. The summed E-state index contributed by atoms with van der Waals surface area (Å²) < 4.78 is 0. The Kier molecular flexibility index (Phi) is 2.21. The fourth-order valence-corrected chi connectivity index (χ4v) is 1.57. The first kappa shape index (κ1) is 9.73. The summed E-state index contributed by atoms with van der Waals surface area (Å²) in [6.45, 7) is 0. The number of fused-ring (bicyclic) bond motifs is 1. The molecule has 76 valence electrons. The van der Waals surface area contributed by atoms with E-state index in [0.717, 1.165) is 0 Å². The number of benzene rings is 1. The van der Waals surface area contributed by atoms with Gasteiger partial charge in [0.15, 0.2) is 0 Å². The lowest BCUT2D eigenvalue weighted by Crippen LogP contribution is -1.97. The summed E-state index contributed by atoms with van der Waals surface area (Å²) in [6, 6.07) is 4.56. The second kappa shape index (κ2) is 3.40. The van der Waals surface area contributed by atoms with Crippen molar-refractivity contribution in [2.24, 2.45) is 0 Å². The molecular weight excluding hydrogens is 216 g/mol. The molecule has 4 nitrogen and oxygen atoms in total. The van der Waals surface area contributed by atoms with Gasteiger partial charge in [-0.3, -0.25) is 0 Å². The number of hydrogen-bond donors (Lipinski definition) is 2. The molecule has 1 aromatic heterocycles. The van der Waals surface area contributed by atoms with Crippen LogP contribution in [0.15, 0.2) is 24.4 Å². The number of nitrogens with two attached hydrogens (primary N) is 1. The molecule has 0 saturated carbocycles. The van der Waals surface area contributed by atoms with Crippen LogP contribution in [0.1, 0.15) is 10.4 Å². The second-order valence-corrected chi connectivity index (χ2v) is 3.46. The predicted octanol–water partition coefficient (Wildman–Crippen LogP) is 2.17. The summed E-state index contributed by atoms with van der Waals surface area (Å²) >= 11 is 5.89. The van der Waals surface area contributed by atoms with E-state index in [2.05, 4.69) is 4.98 Å². The van der Waals surface area contributed by atoms with Gasteiger partial charge < -0.3 is 10.8 Å². The smallest absolute Gasteiger partial charge is 0.335 e. The highest BCUT2D eigenvalue weighted by atomic mass is 35.5. The third kappa shape index (κ3) is 1.59. The predicted molar refractivity (Wildman–Crippen MR) is 58.1 cm³/mol. The number of halogens is 1. The maximum absolute atomic E-state index is 10.8. The van der Waals surface area contributed by atoms with Crippen molar-refractivity contribution in [3.8, 4) is 0 Å². The molecule has 15 heavy (non-hydrogen) atoms. The molecule has 0 amide bonds. The van der Waals surface area contributed by atoms with Crippen molar-refractivity contribution in [1.82, 2.24) is 4.98 Å². The zero-order chi connectivity index (χ0) is 11.0. The molecule has 5 heteroatoms. The van der Waals surface area contributed by atoms with Crippen molar-refractivity contribution in [1.29, 1.82) is 0 Å². The highest BCUT2D eigenvalue weighted by molar-refractivity contribution is 6.35. The van der Waals surface area contributed by atoms with Gasteiger partial charge in [0.25, 0.3) is 0 Å². The van der Waals surface area contributed by atoms with Gasteiger partial charge in [0.05, 0.1) is 10.6 Å². The minimum absolute atomic E-state index is 0.176. The number of aromatic carboxylic acids is 1. The third-order valence-electron chi connectivity index (χ3n) is 2.12. The summed E-state index contributed by atoms with van der Waals surface area (Å²) in [5.41, 5.74) is 5.81. The number of carbonyl (C=O) groups is 1. The zero-order valence-corrected chi connectivity index (χ0v) is 8.32. The topological polar surface area (TPSA) is 76.2 Å². The van der Waals surface area contributed by atoms with E-state index >= 15 is 0 Å². The quantitative estimate of drug-likeness (QED) is 0.775. The van der Waals surface area contributed by atoms with Crippen LogP contribution < -0.4 is 5.73 Å². The van der Waals surface area contributed by atoms with E-state index in [-0.39, 0.29) is 5.56 Å². The van der Waals surface area contributed by atoms with Crippen molar-refractivity contribution >= 4 is 34.2 Å². The third-order valence-corrected chi connectivity index (χ3v) is 2.42. The number of anilines is 1. The number of nitrogen functional groups attached to an aromatic ring is 1. The van der Waals surface area contributed by atoms with Crippen molar-refractivity contribution in [2.75, 3.05) is 5.73 Å². The molecule has 0 spiro atoms. The summed E-state index contributed by atoms with van der Waals surface area (Å²) in [5.74, 6) is -0.658. The molecule has 0 unspecified atom stereocenters. The molecule has 0 aliphatic heterocycles. The highest BCUT2D eigenvalue weighted by Gasteiger charge is 2.08. The molecular formula is C10H7ClN2O2. The van der Waals surface area contributed by atoms with Gasteiger partial charge in [0, 0.05) is 17.0 Å². The molecule has 2 aromatic rings. The first-order valence-corrected chi connectivity index (χ1v) is 4.54. The number of pyridine rings is 1. The van der Waals surface area contributed by atoms with E-state index in [0.29, 0.717) is 21.6 Å². The first-order valence-electron chi connectivity index (χ1n) is 4.16. The van der Waals surface area contributed by atoms with Gasteiger partial charge in [-0.15, -0.1) is 0 Å². The van der Waals surface area contributed by atoms with Gasteiger partial charge in [-0.1, -0.05) is 11.6 Å². The van der Waals surface area contributed by atoms with Crippen molar-refractivity contribution in [3.63, 3.8) is 0 Å². The minimum Gasteiger partial charge on any atom is -0.478 e. The van der Waals surface area contributed by atoms with E-state index in [1.807, 2.05) is 0 Å². The van der Waals surface area contributed by atoms with Crippen molar-refractivity contribution in [3.05, 3.63) is 35.0 Å². The van der Waals surface area contributed by atoms with Crippen molar-refractivity contribution < 1.29 is 9.90 Å². The Morgan fingerprint density at radius 1 is 1.40 bits per heavy atom. The SMILES string of the molecule is Nc1ncc(Cl)c2cc(C(=O)O)ccc12. The molecule has 0 radical (unpaired) electrons. The van der Waals surface area contributed by atoms with Crippen LogP contribution in [-0.2, 0) is 0 Å². The maximum Gasteiger partial charge on any atom is 0.335 e. The van der Waals surface area contributed by atoms with E-state index in [9.17, 15) is 4.79 Å². The van der Waals surface area contributed by atoms with Crippen molar-refractivity contribution in [2.45, 2.75) is 0 Å². The molecule has 1 heterocycles. The normalized spacial score (nSPS) is 10.5. The summed E-state index contributed by atoms with van der Waals surface area (Å²) in [5, 5.41) is 10.5. The Bertz CT molecular complexity index is 554. The Balaban J connectivity index is 2.81. The molecule has 1 aromatic carbocycles. The van der Waals surface area contributed by atoms with Crippen LogP contribution in [0.4, 0.5) is 5.82 Å². The van der Waals surface area contributed by atoms with Crippen LogP contribution in [-0.4, -0.2) is 16.1 Å². The number of carboxylic acids is 1. The highest BCUT2D eigenvalue weighted by Crippen LogP contribution is 2.27. The standard InChI is InChI=1S/C10H7ClN2O2/c11-8-4-13-9(12)6-2-1-5(10(14)15)3-7(6)8/h1-4H,(H2,12,13)(H,14,15). The van der Waals surface area contributed by atoms with E-state index in [1.165, 1.54) is 18.3 Å². The molecule has 0 aliphatic rings. The van der Waals surface area contributed by atoms with Crippen LogP contribution in [0.25, 0.3) is 10.8 Å². The molecule has 0 fully saturated rings. The fourth-order valence-electron chi connectivity index (χ4n) is 1.36. The lowest BCUT2D eigenvalue weighted by molar-refractivity contribution is 0.0697. The monoisotopic (exact) mass is 222 g/mol. The zero-order valence-electron chi connectivity index (χ0n) is 7.57. The lowest BCUT2D eigenvalue weighted by atomic mass is 10.1. The van der Waals surface area contributed by atoms with Gasteiger partial charge in [0.2, 0.25) is 0 Å². The largest absolute Gasteiger partial charge is 0.478 e. The second-order valence-electron chi connectivity index (χ2n) is 3.06. The summed E-state index contributed by atoms with van der Waals surface area (Å²) in [6.07, 6.45) is 1.41. The average Bonchev–Trinajstić information content (AvgIpc) is 2.23. The molecule has 3 N–H and O–H groups in total. The molecule has 0 atom stereocenters. The average molecular weight is 223 g/mol. The number of carboxylic acid groups (broad SMARTS) is 1. The summed E-state index contributed by atoms with van der Waals surface area (Å²) in [4.78, 5) is 14.6. The number of hydrogen-bond acceptors (Lipinski definition) is 3. The van der Waals surface area contributed by atoms with E-state index in [1.54, 1.807) is 6.07 Å². The van der Waals surface area contributed by atoms with Gasteiger partial charge in [-0.05, 0) is 18.2 Å². The first-order chi connectivity index (χ1) is 7.09. The number of nitrogens with zero attached hydrogens (tertiary/aromatic N) is 1. The maximum atomic E-state index is 10.8. The van der Waals surface area contributed by atoms with Crippen LogP contribution >= 0.6 is 11.6 Å². The van der Waals surface area contributed by atoms with E-state index < -0.39 is 5.97 Å². The Morgan fingerprint density at radius 3 is 2.80 bits per heavy atom. The molecule has 0 bridgehead atoms. The van der Waals surface area contributed by atoms with E-state index in [4.69, 9.17) is 22.4 Å². The molecule has 2 rings (SSSR count). The fraction of sp³-hybridized carbons (Fsp3) is 0. The van der Waals surface area contributed by atoms with Crippen LogP contribution in [0.5, 0.6) is 0 Å². The van der Waals surface area contributed by atoms with Crippen LogP contribution in [0.3, 0.4) is 0 Å². The Hall–Kier alpha value is -1.81. The van der Waals surface area contributed by atoms with Crippen LogP contribution in [0, 0.1) is 0 Å².